The molecular weight excluding hydrogens is 508 g/mol. The van der Waals surface area contributed by atoms with Crippen molar-refractivity contribution in [1.82, 2.24) is 9.80 Å². The van der Waals surface area contributed by atoms with Crippen LogP contribution in [0.25, 0.3) is 6.08 Å². The Kier molecular flexibility index (Phi) is 6.61. The zero-order valence-corrected chi connectivity index (χ0v) is 22.5. The van der Waals surface area contributed by atoms with E-state index < -0.39 is 11.8 Å². The van der Waals surface area contributed by atoms with Crippen LogP contribution in [0.3, 0.4) is 0 Å². The molecule has 0 aromatic heterocycles. The predicted octanol–water partition coefficient (Wildman–Crippen LogP) is 4.60. The highest BCUT2D eigenvalue weighted by Gasteiger charge is 2.46. The first-order chi connectivity index (χ1) is 19.7. The normalized spacial score (nSPS) is 26.7. The standard InChI is InChI=1S/C32H34N2O6/c35-31(33-13-1-2-14-33)25-10-9-23(22-7-12-27-29(18-22)40-20-38-27)24(30(25)32(36)34-15-3-4-16-34)8-5-21-6-11-26-28(17-21)39-19-37-26/h5-12,17-18,23-25,30H,1-4,13-16,19-20H2/b8-5+/t23-,24+,25-,30-/m0/s1. The molecule has 8 heteroatoms. The minimum atomic E-state index is -0.503. The lowest BCUT2D eigenvalue weighted by atomic mass is 9.67. The average molecular weight is 543 g/mol. The molecule has 7 rings (SSSR count). The Bertz CT molecular complexity index is 1360. The van der Waals surface area contributed by atoms with Gasteiger partial charge in [0.1, 0.15) is 0 Å². The van der Waals surface area contributed by atoms with E-state index in [-0.39, 0.29) is 37.2 Å². The maximum Gasteiger partial charge on any atom is 0.231 e. The highest BCUT2D eigenvalue weighted by atomic mass is 16.7. The molecule has 0 N–H and O–H groups in total. The molecular formula is C32H34N2O6. The molecule has 2 amide bonds. The van der Waals surface area contributed by atoms with Crippen molar-refractivity contribution >= 4 is 17.9 Å². The Morgan fingerprint density at radius 1 is 0.700 bits per heavy atom. The van der Waals surface area contributed by atoms with Crippen LogP contribution in [0, 0.1) is 17.8 Å². The predicted molar refractivity (Wildman–Crippen MR) is 148 cm³/mol. The molecule has 4 atom stereocenters. The Morgan fingerprint density at radius 3 is 2.00 bits per heavy atom. The number of nitrogens with zero attached hydrogens (tertiary/aromatic N) is 2. The molecule has 8 nitrogen and oxygen atoms in total. The molecule has 2 fully saturated rings. The van der Waals surface area contributed by atoms with Crippen molar-refractivity contribution in [1.29, 1.82) is 0 Å². The third-order valence-electron chi connectivity index (χ3n) is 8.84. The van der Waals surface area contributed by atoms with Gasteiger partial charge in [-0.1, -0.05) is 36.4 Å². The second-order valence-electron chi connectivity index (χ2n) is 11.2. The third kappa shape index (κ3) is 4.59. The van der Waals surface area contributed by atoms with Gasteiger partial charge in [0.25, 0.3) is 0 Å². The van der Waals surface area contributed by atoms with E-state index in [9.17, 15) is 9.59 Å². The first-order valence-corrected chi connectivity index (χ1v) is 14.4. The first kappa shape index (κ1) is 25.1. The summed E-state index contributed by atoms with van der Waals surface area (Å²) in [6.07, 6.45) is 12.3. The summed E-state index contributed by atoms with van der Waals surface area (Å²) in [6, 6.07) is 11.8. The van der Waals surface area contributed by atoms with Gasteiger partial charge in [0, 0.05) is 38.0 Å². The largest absolute Gasteiger partial charge is 0.454 e. The molecule has 2 saturated heterocycles. The van der Waals surface area contributed by atoms with Gasteiger partial charge in [-0.3, -0.25) is 9.59 Å². The van der Waals surface area contributed by atoms with Crippen LogP contribution in [0.5, 0.6) is 23.0 Å². The van der Waals surface area contributed by atoms with Crippen molar-refractivity contribution < 1.29 is 28.5 Å². The summed E-state index contributed by atoms with van der Waals surface area (Å²) >= 11 is 0. The van der Waals surface area contributed by atoms with E-state index in [1.54, 1.807) is 0 Å². The monoisotopic (exact) mass is 542 g/mol. The van der Waals surface area contributed by atoms with Gasteiger partial charge in [-0.05, 0) is 61.1 Å². The second kappa shape index (κ2) is 10.6. The smallest absolute Gasteiger partial charge is 0.231 e. The number of likely N-dealkylation sites (tertiary alicyclic amines) is 2. The number of hydrogen-bond acceptors (Lipinski definition) is 6. The molecule has 2 aromatic carbocycles. The first-order valence-electron chi connectivity index (χ1n) is 14.4. The fourth-order valence-corrected chi connectivity index (χ4v) is 6.73. The molecule has 0 saturated carbocycles. The number of carbonyl (C=O) groups excluding carboxylic acids is 2. The van der Waals surface area contributed by atoms with Gasteiger partial charge in [-0.2, -0.15) is 0 Å². The molecule has 0 spiro atoms. The Labute approximate surface area is 234 Å². The molecule has 5 aliphatic rings. The maximum atomic E-state index is 14.3. The number of fused-ring (bicyclic) bond motifs is 2. The molecule has 2 aromatic rings. The summed E-state index contributed by atoms with van der Waals surface area (Å²) in [5.74, 6) is 1.67. The third-order valence-corrected chi connectivity index (χ3v) is 8.84. The minimum Gasteiger partial charge on any atom is -0.454 e. The molecule has 0 bridgehead atoms. The Balaban J connectivity index is 1.30. The van der Waals surface area contributed by atoms with Crippen LogP contribution in [-0.2, 0) is 9.59 Å². The van der Waals surface area contributed by atoms with Crippen LogP contribution in [0.2, 0.25) is 0 Å². The highest BCUT2D eigenvalue weighted by molar-refractivity contribution is 5.90. The van der Waals surface area contributed by atoms with Gasteiger partial charge in [0.2, 0.25) is 25.4 Å². The van der Waals surface area contributed by atoms with E-state index in [0.717, 1.165) is 74.5 Å². The number of hydrogen-bond donors (Lipinski definition) is 0. The van der Waals surface area contributed by atoms with E-state index in [1.807, 2.05) is 58.4 Å². The molecule has 40 heavy (non-hydrogen) atoms. The molecule has 208 valence electrons. The van der Waals surface area contributed by atoms with Crippen molar-refractivity contribution in [2.45, 2.75) is 31.6 Å². The molecule has 4 aliphatic heterocycles. The van der Waals surface area contributed by atoms with E-state index in [2.05, 4.69) is 12.2 Å². The summed E-state index contributed by atoms with van der Waals surface area (Å²) in [7, 11) is 0. The van der Waals surface area contributed by atoms with Crippen LogP contribution < -0.4 is 18.9 Å². The lowest BCUT2D eigenvalue weighted by molar-refractivity contribution is -0.145. The molecule has 1 aliphatic carbocycles. The minimum absolute atomic E-state index is 0.0666. The van der Waals surface area contributed by atoms with Crippen LogP contribution in [0.15, 0.2) is 54.6 Å². The Hall–Kier alpha value is -3.94. The van der Waals surface area contributed by atoms with Crippen molar-refractivity contribution in [2.75, 3.05) is 39.8 Å². The van der Waals surface area contributed by atoms with E-state index in [0.29, 0.717) is 11.5 Å². The topological polar surface area (TPSA) is 77.5 Å². The number of allylic oxidation sites excluding steroid dienone is 2. The van der Waals surface area contributed by atoms with Gasteiger partial charge in [0.05, 0.1) is 11.8 Å². The highest BCUT2D eigenvalue weighted by Crippen LogP contribution is 2.46. The second-order valence-corrected chi connectivity index (χ2v) is 11.2. The fourth-order valence-electron chi connectivity index (χ4n) is 6.73. The van der Waals surface area contributed by atoms with Gasteiger partial charge in [-0.15, -0.1) is 0 Å². The lowest BCUT2D eigenvalue weighted by Crippen LogP contribution is -2.48. The fraction of sp³-hybridized carbons (Fsp3) is 0.438. The lowest BCUT2D eigenvalue weighted by Gasteiger charge is -2.40. The van der Waals surface area contributed by atoms with Crippen molar-refractivity contribution in [3.63, 3.8) is 0 Å². The summed E-state index contributed by atoms with van der Waals surface area (Å²) in [5.41, 5.74) is 1.99. The maximum absolute atomic E-state index is 14.3. The number of carbonyl (C=O) groups is 2. The van der Waals surface area contributed by atoms with Crippen LogP contribution in [-0.4, -0.2) is 61.4 Å². The van der Waals surface area contributed by atoms with E-state index in [4.69, 9.17) is 18.9 Å². The number of rotatable bonds is 5. The van der Waals surface area contributed by atoms with Gasteiger partial charge in [-0.25, -0.2) is 0 Å². The van der Waals surface area contributed by atoms with Crippen molar-refractivity contribution in [3.05, 3.63) is 65.8 Å². The zero-order valence-electron chi connectivity index (χ0n) is 22.5. The molecule has 4 heterocycles. The van der Waals surface area contributed by atoms with E-state index in [1.165, 1.54) is 0 Å². The number of benzene rings is 2. The average Bonchev–Trinajstić information content (AvgIpc) is 3.81. The zero-order chi connectivity index (χ0) is 27.1. The van der Waals surface area contributed by atoms with Gasteiger partial charge >= 0.3 is 0 Å². The number of ether oxygens (including phenoxy) is 4. The SMILES string of the molecule is O=C([C@H]1[C@H](/C=C/c2ccc3c(c2)OCO3)[C@H](c2ccc3c(c2)OCO3)C=C[C@@H]1C(=O)N1CCCC1)N1CCCC1. The summed E-state index contributed by atoms with van der Waals surface area (Å²) in [6.45, 7) is 3.44. The van der Waals surface area contributed by atoms with Gasteiger partial charge in [0.15, 0.2) is 23.0 Å². The van der Waals surface area contributed by atoms with E-state index >= 15 is 0 Å². The van der Waals surface area contributed by atoms with Crippen LogP contribution in [0.1, 0.15) is 42.7 Å². The van der Waals surface area contributed by atoms with Crippen molar-refractivity contribution in [2.24, 2.45) is 17.8 Å². The summed E-state index contributed by atoms with van der Waals surface area (Å²) in [4.78, 5) is 32.1. The van der Waals surface area contributed by atoms with Crippen LogP contribution >= 0.6 is 0 Å². The molecule has 0 radical (unpaired) electrons. The summed E-state index contributed by atoms with van der Waals surface area (Å²) in [5, 5.41) is 0. The summed E-state index contributed by atoms with van der Waals surface area (Å²) < 4.78 is 22.3. The van der Waals surface area contributed by atoms with Crippen LogP contribution in [0.4, 0.5) is 0 Å². The Morgan fingerprint density at radius 2 is 1.30 bits per heavy atom. The quantitative estimate of drug-likeness (QED) is 0.514. The van der Waals surface area contributed by atoms with Gasteiger partial charge < -0.3 is 28.7 Å². The van der Waals surface area contributed by atoms with Crippen molar-refractivity contribution in [3.8, 4) is 23.0 Å². The number of amides is 2. The molecule has 0 unspecified atom stereocenters.